The molecule has 0 spiro atoms. The fourth-order valence-corrected chi connectivity index (χ4v) is 10.7. The number of fused-ring (bicyclic) bond motifs is 4. The summed E-state index contributed by atoms with van der Waals surface area (Å²) in [5, 5.41) is 22.1. The molecule has 9 rings (SSSR count). The van der Waals surface area contributed by atoms with E-state index in [4.69, 9.17) is 4.74 Å². The van der Waals surface area contributed by atoms with Crippen LogP contribution in [0.4, 0.5) is 51.2 Å². The number of anilines is 9. The zero-order valence-corrected chi connectivity index (χ0v) is 30.2. The predicted molar refractivity (Wildman–Crippen MR) is 217 cm³/mol. The van der Waals surface area contributed by atoms with Crippen molar-refractivity contribution in [3.05, 3.63) is 175 Å². The fourth-order valence-electron chi connectivity index (χ4n) is 7.71. The lowest BCUT2D eigenvalue weighted by atomic mass is 10.1. The Balaban J connectivity index is 1.35. The van der Waals surface area contributed by atoms with Gasteiger partial charge in [0.2, 0.25) is 0 Å². The van der Waals surface area contributed by atoms with E-state index in [1.165, 1.54) is 21.7 Å². The lowest BCUT2D eigenvalue weighted by Crippen LogP contribution is -2.58. The predicted octanol–water partition coefficient (Wildman–Crippen LogP) is 11.1. The summed E-state index contributed by atoms with van der Waals surface area (Å²) in [4.78, 5) is 6.87. The summed E-state index contributed by atoms with van der Waals surface area (Å²) < 4.78 is 6.44. The number of benzene rings is 7. The number of nitriles is 2. The highest BCUT2D eigenvalue weighted by molar-refractivity contribution is 7.02. The first-order chi connectivity index (χ1) is 25.9. The van der Waals surface area contributed by atoms with Crippen molar-refractivity contribution in [2.75, 3.05) is 14.7 Å². The normalized spacial score (nSPS) is 13.3. The fraction of sp³-hybridized carbons (Fsp3) is 0.0435. The third-order valence-electron chi connectivity index (χ3n) is 10.2. The van der Waals surface area contributed by atoms with Crippen LogP contribution in [0.15, 0.2) is 164 Å². The maximum atomic E-state index is 9.66. The molecule has 0 radical (unpaired) electrons. The third-order valence-corrected chi connectivity index (χ3v) is 13.8. The second kappa shape index (κ2) is 12.6. The van der Waals surface area contributed by atoms with Gasteiger partial charge in [0.1, 0.15) is 8.07 Å². The Kier molecular flexibility index (Phi) is 7.59. The first kappa shape index (κ1) is 31.9. The van der Waals surface area contributed by atoms with Crippen molar-refractivity contribution in [2.45, 2.75) is 13.1 Å². The molecular formula is C46H33N5OSi. The van der Waals surface area contributed by atoms with Crippen LogP contribution in [0.5, 0.6) is 11.5 Å². The molecule has 2 aliphatic rings. The Morgan fingerprint density at radius 1 is 0.472 bits per heavy atom. The van der Waals surface area contributed by atoms with E-state index in [0.717, 1.165) is 51.3 Å². The monoisotopic (exact) mass is 699 g/mol. The highest BCUT2D eigenvalue weighted by Crippen LogP contribution is 2.53. The van der Waals surface area contributed by atoms with Gasteiger partial charge in [0.25, 0.3) is 0 Å². The van der Waals surface area contributed by atoms with Gasteiger partial charge < -0.3 is 19.4 Å². The molecule has 0 saturated carbocycles. The van der Waals surface area contributed by atoms with E-state index >= 15 is 0 Å². The molecule has 0 atom stereocenters. The molecule has 0 amide bonds. The summed E-state index contributed by atoms with van der Waals surface area (Å²) in [7, 11) is -2.04. The molecule has 252 valence electrons. The van der Waals surface area contributed by atoms with E-state index in [1.54, 1.807) is 0 Å². The van der Waals surface area contributed by atoms with Crippen LogP contribution in [0.3, 0.4) is 0 Å². The Hall–Kier alpha value is -7.06. The van der Waals surface area contributed by atoms with Crippen LogP contribution in [-0.4, -0.2) is 8.07 Å². The minimum absolute atomic E-state index is 0.581. The van der Waals surface area contributed by atoms with Gasteiger partial charge in [-0.05, 0) is 114 Å². The summed E-state index contributed by atoms with van der Waals surface area (Å²) in [5.41, 5.74) is 10.0. The molecule has 0 fully saturated rings. The van der Waals surface area contributed by atoms with Crippen molar-refractivity contribution in [3.63, 3.8) is 0 Å². The van der Waals surface area contributed by atoms with Gasteiger partial charge in [0.05, 0.1) is 51.7 Å². The second-order valence-electron chi connectivity index (χ2n) is 13.7. The third kappa shape index (κ3) is 5.31. The van der Waals surface area contributed by atoms with Gasteiger partial charge in [-0.3, -0.25) is 0 Å². The van der Waals surface area contributed by atoms with Gasteiger partial charge in [-0.25, -0.2) is 0 Å². The van der Waals surface area contributed by atoms with Crippen LogP contribution < -0.4 is 29.8 Å². The van der Waals surface area contributed by atoms with E-state index < -0.39 is 8.07 Å². The summed E-state index contributed by atoms with van der Waals surface area (Å²) in [6.45, 7) is 4.87. The van der Waals surface area contributed by atoms with Gasteiger partial charge >= 0.3 is 0 Å². The van der Waals surface area contributed by atoms with E-state index in [1.807, 2.05) is 84.9 Å². The van der Waals surface area contributed by atoms with Gasteiger partial charge in [0, 0.05) is 22.7 Å². The minimum Gasteiger partial charge on any atom is -0.453 e. The Morgan fingerprint density at radius 2 is 0.868 bits per heavy atom. The molecule has 53 heavy (non-hydrogen) atoms. The molecule has 2 heterocycles. The maximum Gasteiger partial charge on any atom is 0.151 e. The van der Waals surface area contributed by atoms with Crippen LogP contribution >= 0.6 is 0 Å². The number of ether oxygens (including phenoxy) is 1. The van der Waals surface area contributed by atoms with Gasteiger partial charge in [-0.2, -0.15) is 10.5 Å². The van der Waals surface area contributed by atoms with Crippen LogP contribution in [0.2, 0.25) is 13.1 Å². The SMILES string of the molecule is C[Si]1(C)c2ccccc2N(c2cc(N(c3ccc(C#N)cc3)c3ccc(C#N)cc3)cc(N3c4ccccc4Oc4ccccc43)c2)c2ccccc21. The first-order valence-electron chi connectivity index (χ1n) is 17.6. The molecule has 0 aromatic heterocycles. The minimum atomic E-state index is -2.04. The quantitative estimate of drug-likeness (QED) is 0.167. The molecule has 7 aromatic rings. The standard InChI is InChI=1S/C46H33N5OSi/c1-53(2)45-17-9-5-13-41(45)51(42-14-6-10-18-46(42)53)38-28-36(49(34-23-19-32(30-47)20-24-34)35-25-21-33(31-48)22-26-35)27-37(29-38)50-39-11-3-7-15-43(39)52-44-16-8-4-12-40(44)50/h3-29H,1-2H3. The molecular weight excluding hydrogens is 667 g/mol. The summed E-state index contributed by atoms with van der Waals surface area (Å²) in [6, 6.07) is 60.4. The van der Waals surface area contributed by atoms with Crippen molar-refractivity contribution < 1.29 is 4.74 Å². The molecule has 2 aliphatic heterocycles. The van der Waals surface area contributed by atoms with Gasteiger partial charge in [-0.1, -0.05) is 73.8 Å². The molecule has 0 aliphatic carbocycles. The van der Waals surface area contributed by atoms with Crippen LogP contribution in [0, 0.1) is 22.7 Å². The first-order valence-corrected chi connectivity index (χ1v) is 20.6. The Morgan fingerprint density at radius 3 is 1.32 bits per heavy atom. The van der Waals surface area contributed by atoms with Crippen molar-refractivity contribution in [1.82, 2.24) is 0 Å². The highest BCUT2D eigenvalue weighted by Gasteiger charge is 2.39. The molecule has 0 N–H and O–H groups in total. The summed E-state index contributed by atoms with van der Waals surface area (Å²) >= 11 is 0. The average molecular weight is 700 g/mol. The van der Waals surface area contributed by atoms with Crippen molar-refractivity contribution in [1.29, 1.82) is 10.5 Å². The largest absolute Gasteiger partial charge is 0.453 e. The molecule has 7 heteroatoms. The van der Waals surface area contributed by atoms with Gasteiger partial charge in [0.15, 0.2) is 11.5 Å². The number of hydrogen-bond acceptors (Lipinski definition) is 6. The number of para-hydroxylation sites is 6. The molecule has 0 bridgehead atoms. The Labute approximate surface area is 310 Å². The average Bonchev–Trinajstić information content (AvgIpc) is 3.20. The van der Waals surface area contributed by atoms with Crippen molar-refractivity contribution in [3.8, 4) is 23.6 Å². The van der Waals surface area contributed by atoms with E-state index in [2.05, 4.69) is 119 Å². The highest BCUT2D eigenvalue weighted by atomic mass is 28.3. The lowest BCUT2D eigenvalue weighted by molar-refractivity contribution is 0.477. The zero-order valence-electron chi connectivity index (χ0n) is 29.2. The molecule has 0 saturated heterocycles. The van der Waals surface area contributed by atoms with Gasteiger partial charge in [-0.15, -0.1) is 0 Å². The van der Waals surface area contributed by atoms with E-state index in [9.17, 15) is 10.5 Å². The van der Waals surface area contributed by atoms with Crippen LogP contribution in [-0.2, 0) is 0 Å². The lowest BCUT2D eigenvalue weighted by Gasteiger charge is -2.42. The number of nitrogens with zero attached hydrogens (tertiary/aromatic N) is 5. The number of hydrogen-bond donors (Lipinski definition) is 0. The second-order valence-corrected chi connectivity index (χ2v) is 18.1. The van der Waals surface area contributed by atoms with E-state index in [-0.39, 0.29) is 0 Å². The number of rotatable bonds is 5. The molecule has 0 unspecified atom stereocenters. The topological polar surface area (TPSA) is 66.5 Å². The maximum absolute atomic E-state index is 9.66. The van der Waals surface area contributed by atoms with E-state index in [0.29, 0.717) is 11.1 Å². The van der Waals surface area contributed by atoms with Crippen LogP contribution in [0.25, 0.3) is 0 Å². The van der Waals surface area contributed by atoms with Crippen molar-refractivity contribution in [2.24, 2.45) is 0 Å². The van der Waals surface area contributed by atoms with Crippen molar-refractivity contribution >= 4 is 69.6 Å². The summed E-state index contributed by atoms with van der Waals surface area (Å²) in [5.74, 6) is 1.55. The Bertz CT molecular complexity index is 2470. The molecule has 7 aromatic carbocycles. The smallest absolute Gasteiger partial charge is 0.151 e. The molecule has 6 nitrogen and oxygen atoms in total. The summed E-state index contributed by atoms with van der Waals surface area (Å²) in [6.07, 6.45) is 0. The van der Waals surface area contributed by atoms with Crippen LogP contribution in [0.1, 0.15) is 11.1 Å². The zero-order chi connectivity index (χ0) is 36.1.